The number of fused-ring (bicyclic) bond motifs is 1. The Kier molecular flexibility index (Phi) is 6.21. The molecule has 0 spiro atoms. The van der Waals surface area contributed by atoms with Gasteiger partial charge in [0.05, 0.1) is 7.11 Å². The molecule has 0 aliphatic rings. The van der Waals surface area contributed by atoms with E-state index in [1.54, 1.807) is 17.5 Å². The fraction of sp³-hybridized carbons (Fsp3) is 0.0833. The van der Waals surface area contributed by atoms with Gasteiger partial charge in [-0.2, -0.15) is 0 Å². The van der Waals surface area contributed by atoms with Crippen molar-refractivity contribution in [2.24, 2.45) is 0 Å². The van der Waals surface area contributed by atoms with Crippen molar-refractivity contribution < 1.29 is 19.1 Å². The lowest BCUT2D eigenvalue weighted by atomic mass is 10.0. The third-order valence-corrected chi connectivity index (χ3v) is 5.83. The van der Waals surface area contributed by atoms with Crippen molar-refractivity contribution in [3.05, 3.63) is 82.7 Å². The Morgan fingerprint density at radius 3 is 2.48 bits per heavy atom. The number of hydrogen-bond donors (Lipinski definition) is 1. The van der Waals surface area contributed by atoms with E-state index in [2.05, 4.69) is 5.32 Å². The van der Waals surface area contributed by atoms with Gasteiger partial charge < -0.3 is 14.8 Å². The minimum Gasteiger partial charge on any atom is -0.484 e. The lowest BCUT2D eigenvalue weighted by Gasteiger charge is -2.09. The minimum atomic E-state index is -0.531. The number of anilines is 1. The average molecular weight is 452 g/mol. The van der Waals surface area contributed by atoms with Crippen LogP contribution in [0.1, 0.15) is 10.4 Å². The predicted octanol–water partition coefficient (Wildman–Crippen LogP) is 6.03. The molecule has 1 aromatic heterocycles. The number of thiophene rings is 1. The predicted molar refractivity (Wildman–Crippen MR) is 124 cm³/mol. The molecule has 3 aromatic carbocycles. The van der Waals surface area contributed by atoms with Crippen LogP contribution in [-0.4, -0.2) is 25.6 Å². The molecule has 0 unspecified atom stereocenters. The van der Waals surface area contributed by atoms with Crippen molar-refractivity contribution in [1.82, 2.24) is 0 Å². The number of nitrogens with one attached hydrogen (secondary N) is 1. The molecule has 1 amide bonds. The average Bonchev–Trinajstić information content (AvgIpc) is 3.20. The van der Waals surface area contributed by atoms with Gasteiger partial charge in [-0.1, -0.05) is 54.1 Å². The van der Waals surface area contributed by atoms with Crippen LogP contribution in [0.5, 0.6) is 5.75 Å². The van der Waals surface area contributed by atoms with Crippen LogP contribution < -0.4 is 10.1 Å². The van der Waals surface area contributed by atoms with Gasteiger partial charge in [0.25, 0.3) is 5.91 Å². The van der Waals surface area contributed by atoms with E-state index in [1.807, 2.05) is 54.6 Å². The number of hydrogen-bond acceptors (Lipinski definition) is 5. The number of carbonyl (C=O) groups is 2. The number of methoxy groups -OCH3 is 1. The molecule has 0 atom stereocenters. The summed E-state index contributed by atoms with van der Waals surface area (Å²) in [6.45, 7) is -0.187. The number of carbonyl (C=O) groups excluding carboxylic acids is 2. The number of rotatable bonds is 6. The van der Waals surface area contributed by atoms with E-state index in [0.29, 0.717) is 26.9 Å². The van der Waals surface area contributed by atoms with Crippen LogP contribution in [0.15, 0.2) is 72.1 Å². The van der Waals surface area contributed by atoms with Gasteiger partial charge in [0.15, 0.2) is 6.61 Å². The molecule has 5 nitrogen and oxygen atoms in total. The monoisotopic (exact) mass is 451 g/mol. The van der Waals surface area contributed by atoms with Gasteiger partial charge in [0.2, 0.25) is 0 Å². The van der Waals surface area contributed by atoms with Gasteiger partial charge in [-0.25, -0.2) is 4.79 Å². The second-order valence-electron chi connectivity index (χ2n) is 6.70. The molecule has 0 saturated carbocycles. The van der Waals surface area contributed by atoms with E-state index in [0.717, 1.165) is 16.3 Å². The third kappa shape index (κ3) is 4.71. The Morgan fingerprint density at radius 2 is 1.74 bits per heavy atom. The fourth-order valence-electron chi connectivity index (χ4n) is 3.17. The molecule has 0 bridgehead atoms. The van der Waals surface area contributed by atoms with Gasteiger partial charge in [-0.15, -0.1) is 11.3 Å². The van der Waals surface area contributed by atoms with E-state index < -0.39 is 5.97 Å². The van der Waals surface area contributed by atoms with Gasteiger partial charge in [0, 0.05) is 16.0 Å². The minimum absolute atomic E-state index is 0.187. The molecule has 0 saturated heterocycles. The van der Waals surface area contributed by atoms with Crippen molar-refractivity contribution >= 4 is 50.6 Å². The zero-order chi connectivity index (χ0) is 21.8. The summed E-state index contributed by atoms with van der Waals surface area (Å²) in [5.74, 6) is -0.310. The normalized spacial score (nSPS) is 10.6. The molecule has 1 N–H and O–H groups in total. The number of esters is 1. The maximum Gasteiger partial charge on any atom is 0.341 e. The van der Waals surface area contributed by atoms with Crippen LogP contribution in [0.2, 0.25) is 5.02 Å². The molecule has 4 rings (SSSR count). The van der Waals surface area contributed by atoms with Crippen LogP contribution in [0.25, 0.3) is 21.9 Å². The molecule has 0 fully saturated rings. The first-order valence-corrected chi connectivity index (χ1v) is 10.7. The van der Waals surface area contributed by atoms with Crippen LogP contribution in [0.3, 0.4) is 0 Å². The molecule has 7 heteroatoms. The van der Waals surface area contributed by atoms with Gasteiger partial charge in [-0.05, 0) is 40.6 Å². The SMILES string of the molecule is COC(=O)c1c(-c2ccc(Cl)cc2)csc1NC(=O)COc1ccc2ccccc2c1. The molecular formula is C24H18ClNO4S. The number of halogens is 1. The van der Waals surface area contributed by atoms with Crippen molar-refractivity contribution in [1.29, 1.82) is 0 Å². The largest absolute Gasteiger partial charge is 0.484 e. The van der Waals surface area contributed by atoms with Crippen molar-refractivity contribution in [3.63, 3.8) is 0 Å². The fourth-order valence-corrected chi connectivity index (χ4v) is 4.26. The Labute approximate surface area is 188 Å². The number of ether oxygens (including phenoxy) is 2. The highest BCUT2D eigenvalue weighted by molar-refractivity contribution is 7.15. The quantitative estimate of drug-likeness (QED) is 0.364. The molecule has 1 heterocycles. The summed E-state index contributed by atoms with van der Waals surface area (Å²) in [7, 11) is 1.31. The smallest absolute Gasteiger partial charge is 0.341 e. The van der Waals surface area contributed by atoms with Crippen molar-refractivity contribution in [2.75, 3.05) is 19.0 Å². The molecule has 31 heavy (non-hydrogen) atoms. The van der Waals surface area contributed by atoms with Crippen molar-refractivity contribution in [2.45, 2.75) is 0 Å². The first-order valence-electron chi connectivity index (χ1n) is 9.42. The second-order valence-corrected chi connectivity index (χ2v) is 8.01. The van der Waals surface area contributed by atoms with E-state index >= 15 is 0 Å². The molecule has 0 aliphatic heterocycles. The van der Waals surface area contributed by atoms with Gasteiger partial charge in [-0.3, -0.25) is 4.79 Å². The van der Waals surface area contributed by atoms with E-state index in [4.69, 9.17) is 21.1 Å². The van der Waals surface area contributed by atoms with E-state index in [-0.39, 0.29) is 12.5 Å². The maximum atomic E-state index is 12.5. The Morgan fingerprint density at radius 1 is 1.00 bits per heavy atom. The van der Waals surface area contributed by atoms with Crippen molar-refractivity contribution in [3.8, 4) is 16.9 Å². The molecule has 4 aromatic rings. The second kappa shape index (κ2) is 9.20. The summed E-state index contributed by atoms with van der Waals surface area (Å²) in [5.41, 5.74) is 1.77. The lowest BCUT2D eigenvalue weighted by molar-refractivity contribution is -0.118. The summed E-state index contributed by atoms with van der Waals surface area (Å²) in [6, 6.07) is 20.6. The Balaban J connectivity index is 1.50. The molecule has 156 valence electrons. The summed E-state index contributed by atoms with van der Waals surface area (Å²) in [5, 5.41) is 7.69. The molecule has 0 aliphatic carbocycles. The Hall–Kier alpha value is -3.35. The number of benzene rings is 3. The lowest BCUT2D eigenvalue weighted by Crippen LogP contribution is -2.21. The van der Waals surface area contributed by atoms with Crippen LogP contribution >= 0.6 is 22.9 Å². The zero-order valence-corrected chi connectivity index (χ0v) is 18.1. The highest BCUT2D eigenvalue weighted by Gasteiger charge is 2.22. The third-order valence-electron chi connectivity index (χ3n) is 4.68. The topological polar surface area (TPSA) is 64.6 Å². The standard InChI is InChI=1S/C24H18ClNO4S/c1-29-24(28)22-20(16-6-9-18(25)10-7-16)14-31-23(22)26-21(27)13-30-19-11-8-15-4-2-3-5-17(15)12-19/h2-12,14H,13H2,1H3,(H,26,27). The summed E-state index contributed by atoms with van der Waals surface area (Å²) >= 11 is 7.21. The van der Waals surface area contributed by atoms with Crippen LogP contribution in [0, 0.1) is 0 Å². The summed E-state index contributed by atoms with van der Waals surface area (Å²) < 4.78 is 10.6. The van der Waals surface area contributed by atoms with Gasteiger partial charge >= 0.3 is 5.97 Å². The first kappa shape index (κ1) is 20.9. The number of amides is 1. The van der Waals surface area contributed by atoms with Gasteiger partial charge in [0.1, 0.15) is 16.3 Å². The zero-order valence-electron chi connectivity index (χ0n) is 16.6. The summed E-state index contributed by atoms with van der Waals surface area (Å²) in [4.78, 5) is 24.9. The Bertz CT molecular complexity index is 1250. The first-order chi connectivity index (χ1) is 15.0. The molecular weight excluding hydrogens is 434 g/mol. The van der Waals surface area contributed by atoms with E-state index in [9.17, 15) is 9.59 Å². The summed E-state index contributed by atoms with van der Waals surface area (Å²) in [6.07, 6.45) is 0. The van der Waals surface area contributed by atoms with Crippen LogP contribution in [0.4, 0.5) is 5.00 Å². The highest BCUT2D eigenvalue weighted by atomic mass is 35.5. The maximum absolute atomic E-state index is 12.5. The van der Waals surface area contributed by atoms with E-state index in [1.165, 1.54) is 18.4 Å². The molecule has 0 radical (unpaired) electrons. The highest BCUT2D eigenvalue weighted by Crippen LogP contribution is 2.36. The van der Waals surface area contributed by atoms with Crippen LogP contribution in [-0.2, 0) is 9.53 Å².